The minimum absolute atomic E-state index is 0.00721. The van der Waals surface area contributed by atoms with Gasteiger partial charge < -0.3 is 15.0 Å². The number of pyridine rings is 1. The van der Waals surface area contributed by atoms with E-state index in [1.165, 1.54) is 0 Å². The average Bonchev–Trinajstić information content (AvgIpc) is 3.32. The first-order valence-electron chi connectivity index (χ1n) is 12.9. The highest BCUT2D eigenvalue weighted by atomic mass is 127. The molecule has 9 heteroatoms. The van der Waals surface area contributed by atoms with Gasteiger partial charge in [-0.05, 0) is 98.1 Å². The van der Waals surface area contributed by atoms with Crippen LogP contribution < -0.4 is 10.1 Å². The van der Waals surface area contributed by atoms with E-state index in [2.05, 4.69) is 10.3 Å². The third kappa shape index (κ3) is 5.67. The first-order chi connectivity index (χ1) is 18.8. The third-order valence-corrected chi connectivity index (χ3v) is 10.2. The second-order valence-corrected chi connectivity index (χ2v) is 12.0. The van der Waals surface area contributed by atoms with E-state index in [-0.39, 0.29) is 22.0 Å². The van der Waals surface area contributed by atoms with Crippen LogP contribution in [-0.4, -0.2) is 42.0 Å². The van der Waals surface area contributed by atoms with Crippen molar-refractivity contribution in [1.29, 1.82) is 0 Å². The number of benzene rings is 2. The molecule has 1 aliphatic rings. The first kappa shape index (κ1) is 27.9. The van der Waals surface area contributed by atoms with Crippen molar-refractivity contribution in [3.8, 4) is 16.9 Å². The molecule has 1 aliphatic carbocycles. The molecule has 0 spiro atoms. The normalized spacial score (nSPS) is 17.4. The van der Waals surface area contributed by atoms with Crippen LogP contribution in [-0.2, 0) is 6.54 Å². The summed E-state index contributed by atoms with van der Waals surface area (Å²) in [6.45, 7) is 2.27. The largest absolute Gasteiger partial charge is 0.496 e. The standard InChI is InChI=1S/C30H30F2IN3O2S/c1-17-4-5-19(15-35-17)18-6-13-25(38-3)20(14-18)16-36(22-9-7-21(34-2)8-10-22)30(37)29-27(33)26-23(31)11-12-24(32)28(26)39-29/h4-6,11-15,21-22,34H,7-10,16H2,1-3H3/t21-,22-. The Labute approximate surface area is 244 Å². The molecule has 0 aliphatic heterocycles. The van der Waals surface area contributed by atoms with E-state index < -0.39 is 11.6 Å². The Morgan fingerprint density at radius 3 is 2.46 bits per heavy atom. The summed E-state index contributed by atoms with van der Waals surface area (Å²) in [5.74, 6) is -0.566. The predicted octanol–water partition coefficient (Wildman–Crippen LogP) is 7.34. The van der Waals surface area contributed by atoms with Crippen LogP contribution in [0.4, 0.5) is 8.78 Å². The second kappa shape index (κ2) is 11.9. The molecule has 1 N–H and O–H groups in total. The maximum absolute atomic E-state index is 14.7. The minimum atomic E-state index is -0.520. The molecule has 39 heavy (non-hydrogen) atoms. The van der Waals surface area contributed by atoms with Crippen LogP contribution in [0.3, 0.4) is 0 Å². The molecule has 1 amide bonds. The fourth-order valence-corrected chi connectivity index (χ4v) is 7.65. The van der Waals surface area contributed by atoms with Gasteiger partial charge in [-0.3, -0.25) is 9.78 Å². The van der Waals surface area contributed by atoms with Gasteiger partial charge in [-0.2, -0.15) is 0 Å². The van der Waals surface area contributed by atoms with E-state index in [0.29, 0.717) is 26.8 Å². The van der Waals surface area contributed by atoms with E-state index in [0.717, 1.165) is 71.5 Å². The Hall–Kier alpha value is -2.63. The molecule has 0 saturated heterocycles. The van der Waals surface area contributed by atoms with Gasteiger partial charge in [0.25, 0.3) is 5.91 Å². The number of amides is 1. The van der Waals surface area contributed by atoms with Crippen molar-refractivity contribution in [1.82, 2.24) is 15.2 Å². The number of aromatic nitrogens is 1. The number of aryl methyl sites for hydroxylation is 1. The Balaban J connectivity index is 1.55. The van der Waals surface area contributed by atoms with Crippen molar-refractivity contribution in [2.24, 2.45) is 0 Å². The molecule has 2 aromatic heterocycles. The maximum atomic E-state index is 14.7. The summed E-state index contributed by atoms with van der Waals surface area (Å²) in [6.07, 6.45) is 5.41. The SMILES string of the molecule is CN[C@H]1CC[C@H](N(Cc2cc(-c3ccc(C)nc3)ccc2OC)C(=O)c2sc3c(F)ccc(F)c3c2I)CC1. The van der Waals surface area contributed by atoms with Gasteiger partial charge in [0.2, 0.25) is 0 Å². The highest BCUT2D eigenvalue weighted by Crippen LogP contribution is 2.38. The summed E-state index contributed by atoms with van der Waals surface area (Å²) in [5.41, 5.74) is 3.76. The number of nitrogens with zero attached hydrogens (tertiary/aromatic N) is 2. The van der Waals surface area contributed by atoms with Crippen molar-refractivity contribution in [3.63, 3.8) is 0 Å². The van der Waals surface area contributed by atoms with Crippen molar-refractivity contribution >= 4 is 49.9 Å². The summed E-state index contributed by atoms with van der Waals surface area (Å²) in [4.78, 5) is 20.9. The van der Waals surface area contributed by atoms with Gasteiger partial charge in [0, 0.05) is 50.6 Å². The zero-order chi connectivity index (χ0) is 27.7. The summed E-state index contributed by atoms with van der Waals surface area (Å²) >= 11 is 3.01. The Morgan fingerprint density at radius 2 is 1.82 bits per heavy atom. The van der Waals surface area contributed by atoms with E-state index in [9.17, 15) is 13.6 Å². The number of rotatable bonds is 7. The minimum Gasteiger partial charge on any atom is -0.496 e. The molecule has 2 aromatic carbocycles. The van der Waals surface area contributed by atoms with Crippen LogP contribution in [0, 0.1) is 22.1 Å². The summed E-state index contributed by atoms with van der Waals surface area (Å²) in [5, 5.41) is 3.52. The molecule has 2 heterocycles. The fourth-order valence-electron chi connectivity index (χ4n) is 5.31. The van der Waals surface area contributed by atoms with Crippen LogP contribution in [0.5, 0.6) is 5.75 Å². The highest BCUT2D eigenvalue weighted by molar-refractivity contribution is 14.1. The molecule has 1 fully saturated rings. The average molecular weight is 662 g/mol. The lowest BCUT2D eigenvalue weighted by Crippen LogP contribution is -2.44. The molecule has 5 nitrogen and oxygen atoms in total. The van der Waals surface area contributed by atoms with Crippen LogP contribution in [0.1, 0.15) is 46.6 Å². The van der Waals surface area contributed by atoms with Crippen LogP contribution in [0.15, 0.2) is 48.7 Å². The molecule has 0 radical (unpaired) electrons. The molecule has 1 saturated carbocycles. The number of thiophene rings is 1. The number of fused-ring (bicyclic) bond motifs is 1. The molecule has 0 unspecified atom stereocenters. The summed E-state index contributed by atoms with van der Waals surface area (Å²) < 4.78 is 35.7. The zero-order valence-corrected chi connectivity index (χ0v) is 25.0. The fraction of sp³-hybridized carbons (Fsp3) is 0.333. The lowest BCUT2D eigenvalue weighted by atomic mass is 9.89. The van der Waals surface area contributed by atoms with Crippen LogP contribution >= 0.6 is 33.9 Å². The van der Waals surface area contributed by atoms with Crippen LogP contribution in [0.25, 0.3) is 21.2 Å². The smallest absolute Gasteiger partial charge is 0.265 e. The Morgan fingerprint density at radius 1 is 1.10 bits per heavy atom. The van der Waals surface area contributed by atoms with Gasteiger partial charge in [0.1, 0.15) is 22.3 Å². The highest BCUT2D eigenvalue weighted by Gasteiger charge is 2.33. The zero-order valence-electron chi connectivity index (χ0n) is 22.1. The summed E-state index contributed by atoms with van der Waals surface area (Å²) in [7, 11) is 3.59. The van der Waals surface area contributed by atoms with E-state index in [1.807, 2.05) is 78.0 Å². The van der Waals surface area contributed by atoms with E-state index in [1.54, 1.807) is 7.11 Å². The number of hydrogen-bond donors (Lipinski definition) is 1. The predicted molar refractivity (Wildman–Crippen MR) is 160 cm³/mol. The van der Waals surface area contributed by atoms with Gasteiger partial charge in [0.05, 0.1) is 11.8 Å². The first-order valence-corrected chi connectivity index (χ1v) is 14.8. The second-order valence-electron chi connectivity index (χ2n) is 9.92. The number of hydrogen-bond acceptors (Lipinski definition) is 5. The summed E-state index contributed by atoms with van der Waals surface area (Å²) in [6, 6.07) is 12.6. The topological polar surface area (TPSA) is 54.5 Å². The van der Waals surface area contributed by atoms with Crippen molar-refractivity contribution < 1.29 is 18.3 Å². The van der Waals surface area contributed by atoms with Gasteiger partial charge in [0.15, 0.2) is 0 Å². The van der Waals surface area contributed by atoms with E-state index in [4.69, 9.17) is 4.74 Å². The third-order valence-electron chi connectivity index (χ3n) is 7.55. The molecular weight excluding hydrogens is 631 g/mol. The van der Waals surface area contributed by atoms with Gasteiger partial charge in [-0.15, -0.1) is 11.3 Å². The lowest BCUT2D eigenvalue weighted by Gasteiger charge is -2.37. The van der Waals surface area contributed by atoms with Crippen LogP contribution in [0.2, 0.25) is 0 Å². The van der Waals surface area contributed by atoms with E-state index >= 15 is 0 Å². The maximum Gasteiger partial charge on any atom is 0.265 e. The molecule has 5 rings (SSSR count). The van der Waals surface area contributed by atoms with Crippen molar-refractivity contribution in [2.45, 2.75) is 51.2 Å². The number of ether oxygens (including phenoxy) is 1. The molecule has 4 aromatic rings. The Bertz CT molecular complexity index is 1500. The quantitative estimate of drug-likeness (QED) is 0.211. The number of carbonyl (C=O) groups is 1. The lowest BCUT2D eigenvalue weighted by molar-refractivity contribution is 0.0603. The monoisotopic (exact) mass is 661 g/mol. The molecule has 204 valence electrons. The molecule has 0 bridgehead atoms. The number of nitrogens with one attached hydrogen (secondary N) is 1. The Kier molecular flexibility index (Phi) is 8.49. The van der Waals surface area contributed by atoms with Gasteiger partial charge in [-0.1, -0.05) is 12.1 Å². The van der Waals surface area contributed by atoms with Gasteiger partial charge >= 0.3 is 0 Å². The van der Waals surface area contributed by atoms with Crippen molar-refractivity contribution in [2.75, 3.05) is 14.2 Å². The van der Waals surface area contributed by atoms with Gasteiger partial charge in [-0.25, -0.2) is 8.78 Å². The molecular formula is C30H30F2IN3O2S. The number of carbonyl (C=O) groups excluding carboxylic acids is 1. The number of halogens is 3. The molecule has 0 atom stereocenters. The number of methoxy groups -OCH3 is 1. The van der Waals surface area contributed by atoms with Crippen molar-refractivity contribution in [3.05, 3.63) is 80.0 Å².